The van der Waals surface area contributed by atoms with Gasteiger partial charge in [0.2, 0.25) is 5.91 Å². The fourth-order valence-corrected chi connectivity index (χ4v) is 4.36. The minimum Gasteiger partial charge on any atom is -0.478 e. The van der Waals surface area contributed by atoms with Crippen LogP contribution in [0.15, 0.2) is 18.2 Å². The lowest BCUT2D eigenvalue weighted by Crippen LogP contribution is -2.47. The summed E-state index contributed by atoms with van der Waals surface area (Å²) in [5.74, 6) is -1.58. The summed E-state index contributed by atoms with van der Waals surface area (Å²) in [7, 11) is -3.52. The number of carbonyl (C=O) groups is 2. The van der Waals surface area contributed by atoms with Crippen LogP contribution in [0.2, 0.25) is 0 Å². The third kappa shape index (κ3) is 2.85. The fraction of sp³-hybridized carbons (Fsp3) is 0.467. The summed E-state index contributed by atoms with van der Waals surface area (Å²) in [5, 5.41) is 11.6. The van der Waals surface area contributed by atoms with Gasteiger partial charge in [-0.3, -0.25) is 4.79 Å². The minimum atomic E-state index is -3.52. The molecule has 0 unspecified atom stereocenters. The van der Waals surface area contributed by atoms with E-state index in [0.29, 0.717) is 36.9 Å². The molecule has 1 saturated carbocycles. The average molecular weight is 325 g/mol. The number of amides is 1. The summed E-state index contributed by atoms with van der Waals surface area (Å²) in [4.78, 5) is 23.5. The number of aryl methyl sites for hydroxylation is 1. The second-order valence-corrected chi connectivity index (χ2v) is 8.09. The van der Waals surface area contributed by atoms with Crippen molar-refractivity contribution < 1.29 is 23.1 Å². The molecule has 1 amide bonds. The first-order valence-electron chi connectivity index (χ1n) is 7.02. The van der Waals surface area contributed by atoms with E-state index in [1.807, 2.05) is 0 Å². The van der Waals surface area contributed by atoms with Gasteiger partial charge in [-0.1, -0.05) is 12.8 Å². The number of benzene rings is 1. The molecule has 120 valence electrons. The Balaban J connectivity index is 2.28. The van der Waals surface area contributed by atoms with Gasteiger partial charge in [-0.05, 0) is 43.5 Å². The van der Waals surface area contributed by atoms with Gasteiger partial charge in [0, 0.05) is 11.9 Å². The number of rotatable bonds is 4. The molecule has 2 rings (SSSR count). The maximum Gasteiger partial charge on any atom is 0.335 e. The van der Waals surface area contributed by atoms with Gasteiger partial charge in [0.05, 0.1) is 5.56 Å². The molecular formula is C15H19NO5S. The molecule has 0 saturated heterocycles. The third-order valence-corrected chi connectivity index (χ3v) is 6.26. The molecular weight excluding hydrogens is 306 g/mol. The van der Waals surface area contributed by atoms with Crippen LogP contribution >= 0.6 is 0 Å². The first kappa shape index (κ1) is 16.5. The summed E-state index contributed by atoms with van der Waals surface area (Å²) in [5.41, 5.74) is 1.06. The second-order valence-electron chi connectivity index (χ2n) is 5.76. The molecule has 2 N–H and O–H groups in total. The van der Waals surface area contributed by atoms with E-state index in [1.54, 1.807) is 6.92 Å². The van der Waals surface area contributed by atoms with Crippen molar-refractivity contribution in [1.29, 1.82) is 0 Å². The van der Waals surface area contributed by atoms with Gasteiger partial charge in [0.15, 0.2) is 14.6 Å². The summed E-state index contributed by atoms with van der Waals surface area (Å²) >= 11 is 0. The van der Waals surface area contributed by atoms with E-state index in [1.165, 1.54) is 18.2 Å². The monoisotopic (exact) mass is 325 g/mol. The Kier molecular flexibility index (Phi) is 4.28. The van der Waals surface area contributed by atoms with Gasteiger partial charge >= 0.3 is 5.97 Å². The normalized spacial score (nSPS) is 17.2. The first-order valence-corrected chi connectivity index (χ1v) is 8.91. The standard InChI is InChI=1S/C15H19NO5S/c1-10-9-11(5-6-12(10)13(17)18)16-14(19)15(22(2,20)21)7-3-4-8-15/h5-6,9H,3-4,7-8H2,1-2H3,(H,16,19)(H,17,18). The van der Waals surface area contributed by atoms with Crippen molar-refractivity contribution in [3.63, 3.8) is 0 Å². The molecule has 0 atom stereocenters. The van der Waals surface area contributed by atoms with Gasteiger partial charge in [0.1, 0.15) is 0 Å². The van der Waals surface area contributed by atoms with Crippen molar-refractivity contribution in [3.8, 4) is 0 Å². The van der Waals surface area contributed by atoms with Crippen molar-refractivity contribution in [2.75, 3.05) is 11.6 Å². The lowest BCUT2D eigenvalue weighted by Gasteiger charge is -2.25. The Bertz CT molecular complexity index is 717. The van der Waals surface area contributed by atoms with E-state index < -0.39 is 26.5 Å². The highest BCUT2D eigenvalue weighted by molar-refractivity contribution is 7.92. The van der Waals surface area contributed by atoms with Crippen molar-refractivity contribution >= 4 is 27.4 Å². The second kappa shape index (κ2) is 5.72. The molecule has 0 radical (unpaired) electrons. The Morgan fingerprint density at radius 3 is 2.27 bits per heavy atom. The van der Waals surface area contributed by atoms with Crippen LogP contribution in [0.3, 0.4) is 0 Å². The van der Waals surface area contributed by atoms with Crippen LogP contribution < -0.4 is 5.32 Å². The molecule has 0 aliphatic heterocycles. The predicted octanol–water partition coefficient (Wildman–Crippen LogP) is 1.99. The lowest BCUT2D eigenvalue weighted by atomic mass is 10.0. The van der Waals surface area contributed by atoms with Gasteiger partial charge < -0.3 is 10.4 Å². The van der Waals surface area contributed by atoms with Gasteiger partial charge in [-0.15, -0.1) is 0 Å². The van der Waals surface area contributed by atoms with Crippen LogP contribution in [-0.4, -0.2) is 36.4 Å². The van der Waals surface area contributed by atoms with Crippen LogP contribution in [0.1, 0.15) is 41.6 Å². The number of nitrogens with one attached hydrogen (secondary N) is 1. The molecule has 0 heterocycles. The Labute approximate surface area is 129 Å². The number of hydrogen-bond acceptors (Lipinski definition) is 4. The Hall–Kier alpha value is -1.89. The molecule has 1 aliphatic carbocycles. The van der Waals surface area contributed by atoms with Crippen LogP contribution in [0.25, 0.3) is 0 Å². The molecule has 0 bridgehead atoms. The fourth-order valence-electron chi connectivity index (χ4n) is 2.94. The van der Waals surface area contributed by atoms with Gasteiger partial charge in [0.25, 0.3) is 0 Å². The van der Waals surface area contributed by atoms with E-state index in [-0.39, 0.29) is 5.56 Å². The average Bonchev–Trinajstić information content (AvgIpc) is 2.88. The first-order chi connectivity index (χ1) is 10.2. The topological polar surface area (TPSA) is 101 Å². The molecule has 0 aromatic heterocycles. The van der Waals surface area contributed by atoms with E-state index in [0.717, 1.165) is 6.26 Å². The Morgan fingerprint density at radius 1 is 1.23 bits per heavy atom. The molecule has 1 aliphatic rings. The molecule has 22 heavy (non-hydrogen) atoms. The lowest BCUT2D eigenvalue weighted by molar-refractivity contribution is -0.118. The zero-order valence-corrected chi connectivity index (χ0v) is 13.4. The molecule has 0 spiro atoms. The van der Waals surface area contributed by atoms with E-state index in [2.05, 4.69) is 5.32 Å². The number of sulfone groups is 1. The number of anilines is 1. The van der Waals surface area contributed by atoms with Gasteiger partial charge in [-0.25, -0.2) is 13.2 Å². The molecule has 7 heteroatoms. The highest BCUT2D eigenvalue weighted by atomic mass is 32.2. The van der Waals surface area contributed by atoms with Gasteiger partial charge in [-0.2, -0.15) is 0 Å². The number of aromatic carboxylic acids is 1. The summed E-state index contributed by atoms with van der Waals surface area (Å²) in [6.45, 7) is 1.63. The Morgan fingerprint density at radius 2 is 1.82 bits per heavy atom. The highest BCUT2D eigenvalue weighted by Gasteiger charge is 2.49. The smallest absolute Gasteiger partial charge is 0.335 e. The molecule has 6 nitrogen and oxygen atoms in total. The number of hydrogen-bond donors (Lipinski definition) is 2. The largest absolute Gasteiger partial charge is 0.478 e. The molecule has 1 fully saturated rings. The van der Waals surface area contributed by atoms with E-state index >= 15 is 0 Å². The SMILES string of the molecule is Cc1cc(NC(=O)C2(S(C)(=O)=O)CCCC2)ccc1C(=O)O. The molecule has 1 aromatic carbocycles. The predicted molar refractivity (Wildman–Crippen MR) is 82.8 cm³/mol. The van der Waals surface area contributed by atoms with Crippen molar-refractivity contribution in [3.05, 3.63) is 29.3 Å². The highest BCUT2D eigenvalue weighted by Crippen LogP contribution is 2.37. The zero-order chi connectivity index (χ0) is 16.5. The molecule has 1 aromatic rings. The maximum atomic E-state index is 12.5. The number of carbonyl (C=O) groups excluding carboxylic acids is 1. The van der Waals surface area contributed by atoms with Crippen LogP contribution in [0.4, 0.5) is 5.69 Å². The summed E-state index contributed by atoms with van der Waals surface area (Å²) in [6.07, 6.45) is 3.15. The van der Waals surface area contributed by atoms with Crippen LogP contribution in [0.5, 0.6) is 0 Å². The van der Waals surface area contributed by atoms with E-state index in [4.69, 9.17) is 5.11 Å². The van der Waals surface area contributed by atoms with Crippen molar-refractivity contribution in [1.82, 2.24) is 0 Å². The number of carboxylic acids is 1. The van der Waals surface area contributed by atoms with Crippen LogP contribution in [0, 0.1) is 6.92 Å². The summed E-state index contributed by atoms with van der Waals surface area (Å²) in [6, 6.07) is 4.40. The summed E-state index contributed by atoms with van der Waals surface area (Å²) < 4.78 is 22.7. The maximum absolute atomic E-state index is 12.5. The van der Waals surface area contributed by atoms with Crippen LogP contribution in [-0.2, 0) is 14.6 Å². The third-order valence-electron chi connectivity index (χ3n) is 4.25. The quantitative estimate of drug-likeness (QED) is 0.881. The zero-order valence-electron chi connectivity index (χ0n) is 12.5. The van der Waals surface area contributed by atoms with Crippen molar-refractivity contribution in [2.45, 2.75) is 37.4 Å². The number of carboxylic acid groups (broad SMARTS) is 1. The van der Waals surface area contributed by atoms with E-state index in [9.17, 15) is 18.0 Å². The van der Waals surface area contributed by atoms with Crippen molar-refractivity contribution in [2.24, 2.45) is 0 Å². The minimum absolute atomic E-state index is 0.150.